The highest BCUT2D eigenvalue weighted by Gasteiger charge is 2.03. The van der Waals surface area contributed by atoms with Crippen LogP contribution >= 0.6 is 23.2 Å². The highest BCUT2D eigenvalue weighted by molar-refractivity contribution is 6.42. The molecular formula is C16H17Cl2NO. The Morgan fingerprint density at radius 1 is 1.05 bits per heavy atom. The minimum Gasteiger partial charge on any atom is -0.491 e. The first kappa shape index (κ1) is 15.0. The Balaban J connectivity index is 2.04. The zero-order valence-electron chi connectivity index (χ0n) is 11.3. The van der Waals surface area contributed by atoms with E-state index >= 15 is 0 Å². The van der Waals surface area contributed by atoms with Gasteiger partial charge in [0.05, 0.1) is 22.3 Å². The van der Waals surface area contributed by atoms with Gasteiger partial charge in [-0.2, -0.15) is 0 Å². The highest BCUT2D eigenvalue weighted by atomic mass is 35.5. The molecule has 0 aliphatic heterocycles. The van der Waals surface area contributed by atoms with Crippen LogP contribution in [0.4, 0.5) is 5.69 Å². The number of anilines is 1. The summed E-state index contributed by atoms with van der Waals surface area (Å²) in [5, 5.41) is 4.50. The van der Waals surface area contributed by atoms with Crippen LogP contribution in [0.5, 0.6) is 5.75 Å². The predicted octanol–water partition coefficient (Wildman–Crippen LogP) is 5.39. The van der Waals surface area contributed by atoms with Gasteiger partial charge in [0, 0.05) is 6.54 Å². The molecule has 2 aromatic carbocycles. The zero-order valence-corrected chi connectivity index (χ0v) is 12.8. The van der Waals surface area contributed by atoms with E-state index in [4.69, 9.17) is 27.9 Å². The fourth-order valence-electron chi connectivity index (χ4n) is 1.80. The lowest BCUT2D eigenvalue weighted by molar-refractivity contribution is 0.319. The number of ether oxygens (including phenoxy) is 1. The molecule has 20 heavy (non-hydrogen) atoms. The smallest absolute Gasteiger partial charge is 0.142 e. The second kappa shape index (κ2) is 7.41. The van der Waals surface area contributed by atoms with Gasteiger partial charge in [-0.25, -0.2) is 0 Å². The van der Waals surface area contributed by atoms with E-state index in [1.807, 2.05) is 36.4 Å². The summed E-state index contributed by atoms with van der Waals surface area (Å²) in [4.78, 5) is 0. The summed E-state index contributed by atoms with van der Waals surface area (Å²) in [6, 6.07) is 13.5. The van der Waals surface area contributed by atoms with Gasteiger partial charge >= 0.3 is 0 Å². The van der Waals surface area contributed by atoms with E-state index in [9.17, 15) is 0 Å². The van der Waals surface area contributed by atoms with Crippen molar-refractivity contribution in [2.75, 3.05) is 11.9 Å². The third-order valence-electron chi connectivity index (χ3n) is 2.82. The van der Waals surface area contributed by atoms with Gasteiger partial charge in [0.25, 0.3) is 0 Å². The summed E-state index contributed by atoms with van der Waals surface area (Å²) in [5.41, 5.74) is 2.05. The molecule has 0 aliphatic carbocycles. The van der Waals surface area contributed by atoms with E-state index in [0.29, 0.717) is 23.2 Å². The molecular weight excluding hydrogens is 293 g/mol. The molecule has 0 aromatic heterocycles. The second-order valence-corrected chi connectivity index (χ2v) is 5.26. The number of hydrogen-bond acceptors (Lipinski definition) is 2. The van der Waals surface area contributed by atoms with E-state index in [2.05, 4.69) is 12.2 Å². The minimum atomic E-state index is 0.571. The summed E-state index contributed by atoms with van der Waals surface area (Å²) in [5.74, 6) is 0.870. The Labute approximate surface area is 129 Å². The monoisotopic (exact) mass is 309 g/mol. The van der Waals surface area contributed by atoms with Gasteiger partial charge in [0.2, 0.25) is 0 Å². The molecule has 0 atom stereocenters. The maximum absolute atomic E-state index is 6.01. The molecule has 106 valence electrons. The van der Waals surface area contributed by atoms with Crippen LogP contribution in [0.15, 0.2) is 42.5 Å². The van der Waals surface area contributed by atoms with Gasteiger partial charge in [0.1, 0.15) is 5.75 Å². The molecule has 0 heterocycles. The van der Waals surface area contributed by atoms with E-state index in [0.717, 1.165) is 23.4 Å². The quantitative estimate of drug-likeness (QED) is 0.772. The molecule has 2 rings (SSSR count). The van der Waals surface area contributed by atoms with E-state index in [1.165, 1.54) is 0 Å². The van der Waals surface area contributed by atoms with Gasteiger partial charge in [-0.05, 0) is 36.2 Å². The van der Waals surface area contributed by atoms with Crippen LogP contribution < -0.4 is 10.1 Å². The summed E-state index contributed by atoms with van der Waals surface area (Å²) in [6.07, 6.45) is 0.987. The number of rotatable bonds is 6. The van der Waals surface area contributed by atoms with Crippen molar-refractivity contribution in [2.24, 2.45) is 0 Å². The van der Waals surface area contributed by atoms with Crippen LogP contribution in [0.3, 0.4) is 0 Å². The van der Waals surface area contributed by atoms with Crippen molar-refractivity contribution in [1.29, 1.82) is 0 Å². The van der Waals surface area contributed by atoms with Gasteiger partial charge < -0.3 is 10.1 Å². The Bertz CT molecular complexity index is 572. The van der Waals surface area contributed by atoms with Crippen LogP contribution in [0.1, 0.15) is 18.9 Å². The Kier molecular flexibility index (Phi) is 5.57. The largest absolute Gasteiger partial charge is 0.491 e. The van der Waals surface area contributed by atoms with Crippen LogP contribution in [0.2, 0.25) is 10.0 Å². The fourth-order valence-corrected chi connectivity index (χ4v) is 2.12. The molecule has 0 saturated carbocycles. The molecule has 2 aromatic rings. The normalized spacial score (nSPS) is 10.3. The zero-order chi connectivity index (χ0) is 14.4. The molecule has 0 amide bonds. The van der Waals surface area contributed by atoms with Crippen LogP contribution in [-0.4, -0.2) is 6.61 Å². The van der Waals surface area contributed by atoms with Crippen molar-refractivity contribution in [2.45, 2.75) is 19.9 Å². The van der Waals surface area contributed by atoms with Crippen molar-refractivity contribution in [1.82, 2.24) is 0 Å². The SMILES string of the molecule is CCCOc1ccccc1NCc1ccc(Cl)c(Cl)c1. The lowest BCUT2D eigenvalue weighted by Crippen LogP contribution is -2.03. The van der Waals surface area contributed by atoms with Crippen LogP contribution in [0.25, 0.3) is 0 Å². The molecule has 0 radical (unpaired) electrons. The molecule has 0 saturated heterocycles. The maximum Gasteiger partial charge on any atom is 0.142 e. The number of hydrogen-bond donors (Lipinski definition) is 1. The van der Waals surface area contributed by atoms with Crippen molar-refractivity contribution in [3.63, 3.8) is 0 Å². The average molecular weight is 310 g/mol. The summed E-state index contributed by atoms with van der Waals surface area (Å²) < 4.78 is 5.71. The average Bonchev–Trinajstić information content (AvgIpc) is 2.47. The molecule has 1 N–H and O–H groups in total. The minimum absolute atomic E-state index is 0.571. The summed E-state index contributed by atoms with van der Waals surface area (Å²) >= 11 is 11.9. The van der Waals surface area contributed by atoms with Gasteiger partial charge in [-0.15, -0.1) is 0 Å². The van der Waals surface area contributed by atoms with Crippen LogP contribution in [-0.2, 0) is 6.54 Å². The molecule has 0 spiro atoms. The molecule has 0 bridgehead atoms. The van der Waals surface area contributed by atoms with E-state index in [1.54, 1.807) is 6.07 Å². The molecule has 0 fully saturated rings. The molecule has 4 heteroatoms. The van der Waals surface area contributed by atoms with Crippen molar-refractivity contribution in [3.05, 3.63) is 58.1 Å². The number of benzene rings is 2. The second-order valence-electron chi connectivity index (χ2n) is 4.45. The lowest BCUT2D eigenvalue weighted by atomic mass is 10.2. The highest BCUT2D eigenvalue weighted by Crippen LogP contribution is 2.26. The summed E-state index contributed by atoms with van der Waals surface area (Å²) in [6.45, 7) is 3.47. The third-order valence-corrected chi connectivity index (χ3v) is 3.55. The first-order valence-corrected chi connectivity index (χ1v) is 7.36. The number of nitrogens with one attached hydrogen (secondary N) is 1. The maximum atomic E-state index is 6.01. The summed E-state index contributed by atoms with van der Waals surface area (Å²) in [7, 11) is 0. The fraction of sp³-hybridized carbons (Fsp3) is 0.250. The van der Waals surface area contributed by atoms with Gasteiger partial charge in [0.15, 0.2) is 0 Å². The number of halogens is 2. The van der Waals surface area contributed by atoms with Crippen molar-refractivity contribution in [3.8, 4) is 5.75 Å². The Morgan fingerprint density at radius 2 is 1.85 bits per heavy atom. The number of para-hydroxylation sites is 2. The van der Waals surface area contributed by atoms with Gasteiger partial charge in [-0.3, -0.25) is 0 Å². The van der Waals surface area contributed by atoms with Crippen molar-refractivity contribution >= 4 is 28.9 Å². The van der Waals surface area contributed by atoms with Crippen molar-refractivity contribution < 1.29 is 4.74 Å². The molecule has 0 aliphatic rings. The standard InChI is InChI=1S/C16H17Cl2NO/c1-2-9-20-16-6-4-3-5-15(16)19-11-12-7-8-13(17)14(18)10-12/h3-8,10,19H,2,9,11H2,1H3. The third kappa shape index (κ3) is 4.06. The van der Waals surface area contributed by atoms with Crippen LogP contribution in [0, 0.1) is 0 Å². The first-order valence-electron chi connectivity index (χ1n) is 6.60. The van der Waals surface area contributed by atoms with E-state index in [-0.39, 0.29) is 0 Å². The topological polar surface area (TPSA) is 21.3 Å². The molecule has 2 nitrogen and oxygen atoms in total. The lowest BCUT2D eigenvalue weighted by Gasteiger charge is -2.13. The van der Waals surface area contributed by atoms with Gasteiger partial charge in [-0.1, -0.05) is 48.3 Å². The Morgan fingerprint density at radius 3 is 2.60 bits per heavy atom. The first-order chi connectivity index (χ1) is 9.70. The molecule has 0 unspecified atom stereocenters. The predicted molar refractivity (Wildman–Crippen MR) is 86.0 cm³/mol. The Hall–Kier alpha value is -1.38. The van der Waals surface area contributed by atoms with E-state index < -0.39 is 0 Å².